The van der Waals surface area contributed by atoms with Crippen LogP contribution in [-0.4, -0.2) is 39.3 Å². The van der Waals surface area contributed by atoms with Crippen molar-refractivity contribution in [3.63, 3.8) is 0 Å². The Balaban J connectivity index is 1.31. The van der Waals surface area contributed by atoms with E-state index in [-0.39, 0.29) is 29.1 Å². The van der Waals surface area contributed by atoms with Gasteiger partial charge in [-0.05, 0) is 84.5 Å². The van der Waals surface area contributed by atoms with Crippen molar-refractivity contribution in [2.75, 3.05) is 12.4 Å². The van der Waals surface area contributed by atoms with Gasteiger partial charge < -0.3 is 19.9 Å². The van der Waals surface area contributed by atoms with E-state index in [0.29, 0.717) is 31.5 Å². The maximum Gasteiger partial charge on any atom is 0.250 e. The number of nitrogens with zero attached hydrogens (tertiary/aromatic N) is 2. The number of ether oxygens (including phenoxy) is 1. The van der Waals surface area contributed by atoms with Gasteiger partial charge in [-0.3, -0.25) is 14.6 Å². The van der Waals surface area contributed by atoms with Gasteiger partial charge in [0.15, 0.2) is 0 Å². The summed E-state index contributed by atoms with van der Waals surface area (Å²) in [7, 11) is 1.62. The van der Waals surface area contributed by atoms with Gasteiger partial charge in [0, 0.05) is 47.6 Å². The van der Waals surface area contributed by atoms with E-state index < -0.39 is 5.54 Å². The van der Waals surface area contributed by atoms with Gasteiger partial charge in [0.2, 0.25) is 11.8 Å². The van der Waals surface area contributed by atoms with Gasteiger partial charge >= 0.3 is 0 Å². The van der Waals surface area contributed by atoms with Crippen molar-refractivity contribution in [1.82, 2.24) is 14.9 Å². The number of carbonyl (C=O) groups excluding carboxylic acids is 2. The Kier molecular flexibility index (Phi) is 7.29. The molecule has 0 radical (unpaired) electrons. The maximum absolute atomic E-state index is 14.5. The molecule has 2 atom stereocenters. The predicted molar refractivity (Wildman–Crippen MR) is 165 cm³/mol. The summed E-state index contributed by atoms with van der Waals surface area (Å²) in [5.74, 6) is 1.09. The lowest BCUT2D eigenvalue weighted by atomic mass is 9.91. The molecule has 2 saturated carbocycles. The zero-order chi connectivity index (χ0) is 29.5. The van der Waals surface area contributed by atoms with Crippen molar-refractivity contribution < 1.29 is 14.3 Å². The number of aromatic nitrogens is 2. The number of para-hydroxylation sites is 1. The molecule has 0 aliphatic heterocycles. The first kappa shape index (κ1) is 28.0. The molecule has 4 aromatic rings. The van der Waals surface area contributed by atoms with E-state index in [4.69, 9.17) is 4.74 Å². The summed E-state index contributed by atoms with van der Waals surface area (Å²) in [6.07, 6.45) is 7.01. The Hall–Kier alpha value is -4.13. The number of pyridine rings is 1. The maximum atomic E-state index is 14.5. The number of carbonyl (C=O) groups is 2. The number of amides is 2. The summed E-state index contributed by atoms with van der Waals surface area (Å²) in [6, 6.07) is 19.6. The molecule has 7 heteroatoms. The molecule has 2 amide bonds. The van der Waals surface area contributed by atoms with Gasteiger partial charge in [-0.25, -0.2) is 0 Å². The van der Waals surface area contributed by atoms with E-state index in [1.165, 1.54) is 16.6 Å². The first-order chi connectivity index (χ1) is 20.2. The van der Waals surface area contributed by atoms with Gasteiger partial charge in [-0.1, -0.05) is 51.0 Å². The standard InChI is InChI=1S/C35H40N4O3/c1-23-31(27-11-5-6-12-29(27)37-23)32-28(34(32,2)3)20-30(40)39(22-24-10-9-19-36-21-24)35(17-7-8-18-35)33(41)38-25-13-15-26(42-4)16-14-25/h5-6,9-16,19,21,28,32,37H,7-8,17-18,20,22H2,1-4H3,(H,38,41)/t28-,32-/m1/s1. The first-order valence-corrected chi connectivity index (χ1v) is 15.0. The van der Waals surface area contributed by atoms with Crippen LogP contribution in [-0.2, 0) is 16.1 Å². The first-order valence-electron chi connectivity index (χ1n) is 15.0. The van der Waals surface area contributed by atoms with E-state index in [1.54, 1.807) is 19.5 Å². The molecule has 2 aliphatic carbocycles. The van der Waals surface area contributed by atoms with Crippen molar-refractivity contribution in [2.24, 2.45) is 11.3 Å². The second kappa shape index (κ2) is 10.9. The quantitative estimate of drug-likeness (QED) is 0.229. The van der Waals surface area contributed by atoms with Crippen LogP contribution >= 0.6 is 0 Å². The van der Waals surface area contributed by atoms with Crippen molar-refractivity contribution >= 4 is 28.4 Å². The van der Waals surface area contributed by atoms with E-state index >= 15 is 0 Å². The lowest BCUT2D eigenvalue weighted by Crippen LogP contribution is -2.57. The molecule has 42 heavy (non-hydrogen) atoms. The molecule has 6 rings (SSSR count). The van der Waals surface area contributed by atoms with Crippen molar-refractivity contribution in [2.45, 2.75) is 70.9 Å². The normalized spacial score (nSPS) is 20.3. The van der Waals surface area contributed by atoms with Gasteiger partial charge in [-0.2, -0.15) is 0 Å². The predicted octanol–water partition coefficient (Wildman–Crippen LogP) is 6.99. The van der Waals surface area contributed by atoms with Gasteiger partial charge in [-0.15, -0.1) is 0 Å². The number of hydrogen-bond acceptors (Lipinski definition) is 4. The highest BCUT2D eigenvalue weighted by Gasteiger charge is 2.60. The average molecular weight is 565 g/mol. The van der Waals surface area contributed by atoms with Crippen LogP contribution in [0.1, 0.15) is 68.7 Å². The number of methoxy groups -OCH3 is 1. The number of nitrogens with one attached hydrogen (secondary N) is 2. The average Bonchev–Trinajstić information content (AvgIpc) is 3.35. The largest absolute Gasteiger partial charge is 0.497 e. The zero-order valence-corrected chi connectivity index (χ0v) is 24.9. The Bertz CT molecular complexity index is 1590. The lowest BCUT2D eigenvalue weighted by molar-refractivity contribution is -0.146. The van der Waals surface area contributed by atoms with Crippen LogP contribution in [0.2, 0.25) is 0 Å². The van der Waals surface area contributed by atoms with Crippen LogP contribution in [0.25, 0.3) is 10.9 Å². The topological polar surface area (TPSA) is 87.3 Å². The molecule has 2 aromatic heterocycles. The van der Waals surface area contributed by atoms with Gasteiger partial charge in [0.1, 0.15) is 11.3 Å². The highest BCUT2D eigenvalue weighted by atomic mass is 16.5. The fourth-order valence-electron chi connectivity index (χ4n) is 7.35. The Morgan fingerprint density at radius 2 is 1.79 bits per heavy atom. The van der Waals surface area contributed by atoms with Crippen LogP contribution in [0.5, 0.6) is 5.75 Å². The molecule has 2 heterocycles. The third-order valence-electron chi connectivity index (χ3n) is 9.78. The number of hydrogen-bond donors (Lipinski definition) is 2. The third-order valence-corrected chi connectivity index (χ3v) is 9.78. The van der Waals surface area contributed by atoms with Gasteiger partial charge in [0.25, 0.3) is 0 Å². The molecule has 2 N–H and O–H groups in total. The molecule has 218 valence electrons. The fraction of sp³-hybridized carbons (Fsp3) is 0.400. The fourth-order valence-corrected chi connectivity index (χ4v) is 7.35. The van der Waals surface area contributed by atoms with Crippen LogP contribution in [0.3, 0.4) is 0 Å². The van der Waals surface area contributed by atoms with E-state index in [9.17, 15) is 9.59 Å². The number of aromatic amines is 1. The highest BCUT2D eigenvalue weighted by molar-refractivity contribution is 6.01. The molecule has 0 bridgehead atoms. The second-order valence-electron chi connectivity index (χ2n) is 12.6. The number of rotatable bonds is 9. The second-order valence-corrected chi connectivity index (χ2v) is 12.6. The van der Waals surface area contributed by atoms with Crippen LogP contribution in [0, 0.1) is 18.3 Å². The van der Waals surface area contributed by atoms with Crippen LogP contribution in [0.15, 0.2) is 73.1 Å². The minimum Gasteiger partial charge on any atom is -0.497 e. The van der Waals surface area contributed by atoms with Crippen LogP contribution < -0.4 is 10.1 Å². The Labute approximate surface area is 247 Å². The van der Waals surface area contributed by atoms with Crippen molar-refractivity contribution in [3.8, 4) is 5.75 Å². The smallest absolute Gasteiger partial charge is 0.250 e. The third kappa shape index (κ3) is 4.95. The molecule has 2 aromatic carbocycles. The summed E-state index contributed by atoms with van der Waals surface area (Å²) < 4.78 is 5.28. The van der Waals surface area contributed by atoms with Crippen molar-refractivity contribution in [1.29, 1.82) is 0 Å². The van der Waals surface area contributed by atoms with E-state index in [2.05, 4.69) is 60.3 Å². The minimum absolute atomic E-state index is 0.0282. The number of aryl methyl sites for hydroxylation is 1. The van der Waals surface area contributed by atoms with E-state index in [1.807, 2.05) is 41.3 Å². The molecular formula is C35H40N4O3. The molecular weight excluding hydrogens is 524 g/mol. The Morgan fingerprint density at radius 1 is 1.05 bits per heavy atom. The Morgan fingerprint density at radius 3 is 2.48 bits per heavy atom. The number of fused-ring (bicyclic) bond motifs is 1. The number of anilines is 1. The minimum atomic E-state index is -0.919. The summed E-state index contributed by atoms with van der Waals surface area (Å²) in [5.41, 5.74) is 4.30. The molecule has 2 fully saturated rings. The molecule has 2 aliphatic rings. The van der Waals surface area contributed by atoms with Crippen LogP contribution in [0.4, 0.5) is 5.69 Å². The molecule has 0 unspecified atom stereocenters. The summed E-state index contributed by atoms with van der Waals surface area (Å²) >= 11 is 0. The number of benzene rings is 2. The molecule has 7 nitrogen and oxygen atoms in total. The summed E-state index contributed by atoms with van der Waals surface area (Å²) in [4.78, 5) is 38.4. The molecule has 0 saturated heterocycles. The summed E-state index contributed by atoms with van der Waals surface area (Å²) in [6.45, 7) is 7.02. The number of H-pyrrole nitrogens is 1. The SMILES string of the molecule is COc1ccc(NC(=O)C2(N(Cc3cccnc3)C(=O)C[C@@H]3[C@H](c4c(C)[nH]c5ccccc45)C3(C)C)CCCC2)cc1. The van der Waals surface area contributed by atoms with E-state index in [0.717, 1.165) is 29.7 Å². The highest BCUT2D eigenvalue weighted by Crippen LogP contribution is 2.67. The zero-order valence-electron chi connectivity index (χ0n) is 24.9. The monoisotopic (exact) mass is 564 g/mol. The summed E-state index contributed by atoms with van der Waals surface area (Å²) in [5, 5.41) is 4.37. The van der Waals surface area contributed by atoms with Crippen molar-refractivity contribution in [3.05, 3.63) is 89.9 Å². The lowest BCUT2D eigenvalue weighted by Gasteiger charge is -2.40. The van der Waals surface area contributed by atoms with Gasteiger partial charge in [0.05, 0.1) is 7.11 Å². The molecule has 0 spiro atoms.